The van der Waals surface area contributed by atoms with Crippen LogP contribution in [0.4, 0.5) is 0 Å². The lowest BCUT2D eigenvalue weighted by Crippen LogP contribution is -2.07. The lowest BCUT2D eigenvalue weighted by Gasteiger charge is -2.05. The fourth-order valence-electron chi connectivity index (χ4n) is 2.69. The number of ether oxygens (including phenoxy) is 1. The molecule has 0 spiro atoms. The number of fused-ring (bicyclic) bond motifs is 1. The van der Waals surface area contributed by atoms with Gasteiger partial charge in [0.25, 0.3) is 0 Å². The van der Waals surface area contributed by atoms with Gasteiger partial charge in [-0.3, -0.25) is 0 Å². The fraction of sp³-hybridized carbons (Fsp3) is 0.100. The molecule has 0 aliphatic rings. The van der Waals surface area contributed by atoms with Crippen LogP contribution in [0.1, 0.15) is 11.3 Å². The zero-order chi connectivity index (χ0) is 17.2. The lowest BCUT2D eigenvalue weighted by molar-refractivity contribution is 0.290. The average molecular weight is 332 g/mol. The molecular formula is C20H16N2O3. The second-order valence-electron chi connectivity index (χ2n) is 5.72. The molecule has 4 rings (SSSR count). The maximum absolute atomic E-state index is 12.3. The minimum absolute atomic E-state index is 0.187. The van der Waals surface area contributed by atoms with Crippen LogP contribution in [0, 0.1) is 6.92 Å². The Hall–Kier alpha value is -3.34. The number of para-hydroxylation sites is 1. The van der Waals surface area contributed by atoms with Crippen LogP contribution in [0.3, 0.4) is 0 Å². The Morgan fingerprint density at radius 3 is 2.44 bits per heavy atom. The van der Waals surface area contributed by atoms with Crippen LogP contribution in [-0.2, 0) is 6.61 Å². The number of nitrogens with zero attached hydrogens (tertiary/aromatic N) is 2. The van der Waals surface area contributed by atoms with E-state index in [9.17, 15) is 4.79 Å². The van der Waals surface area contributed by atoms with Crippen molar-refractivity contribution in [2.24, 2.45) is 0 Å². The molecular weight excluding hydrogens is 316 g/mol. The Morgan fingerprint density at radius 2 is 1.72 bits per heavy atom. The summed E-state index contributed by atoms with van der Waals surface area (Å²) >= 11 is 0. The van der Waals surface area contributed by atoms with Crippen molar-refractivity contribution in [1.82, 2.24) is 9.78 Å². The van der Waals surface area contributed by atoms with Gasteiger partial charge in [-0.05, 0) is 24.6 Å². The molecule has 0 bridgehead atoms. The molecule has 0 N–H and O–H groups in total. The molecule has 0 aliphatic heterocycles. The van der Waals surface area contributed by atoms with Crippen molar-refractivity contribution in [2.45, 2.75) is 13.5 Å². The number of hydrogen-bond acceptors (Lipinski definition) is 4. The molecule has 0 atom stereocenters. The van der Waals surface area contributed by atoms with E-state index in [0.717, 1.165) is 22.3 Å². The van der Waals surface area contributed by atoms with E-state index >= 15 is 0 Å². The summed E-state index contributed by atoms with van der Waals surface area (Å²) in [6.07, 6.45) is 0. The van der Waals surface area contributed by atoms with E-state index in [0.29, 0.717) is 12.3 Å². The van der Waals surface area contributed by atoms with Crippen molar-refractivity contribution in [1.29, 1.82) is 0 Å². The Morgan fingerprint density at radius 1 is 1.04 bits per heavy atom. The van der Waals surface area contributed by atoms with Crippen LogP contribution in [0.15, 0.2) is 75.9 Å². The smallest absolute Gasteiger partial charge is 0.380 e. The second-order valence-corrected chi connectivity index (χ2v) is 5.72. The van der Waals surface area contributed by atoms with Gasteiger partial charge in [0.1, 0.15) is 6.61 Å². The molecule has 2 heterocycles. The van der Waals surface area contributed by atoms with Gasteiger partial charge in [-0.25, -0.2) is 4.79 Å². The molecule has 0 saturated heterocycles. The van der Waals surface area contributed by atoms with Crippen molar-refractivity contribution in [3.63, 3.8) is 0 Å². The van der Waals surface area contributed by atoms with Crippen LogP contribution >= 0.6 is 0 Å². The van der Waals surface area contributed by atoms with Gasteiger partial charge in [0, 0.05) is 6.07 Å². The minimum Gasteiger partial charge on any atom is -0.482 e. The molecule has 0 aliphatic carbocycles. The highest BCUT2D eigenvalue weighted by atomic mass is 16.5. The maximum Gasteiger partial charge on any atom is 0.380 e. The van der Waals surface area contributed by atoms with Crippen LogP contribution in [0.5, 0.6) is 5.75 Å². The molecule has 0 saturated carbocycles. The van der Waals surface area contributed by atoms with E-state index in [1.54, 1.807) is 10.7 Å². The molecule has 124 valence electrons. The summed E-state index contributed by atoms with van der Waals surface area (Å²) in [5, 5.41) is 5.25. The molecule has 2 aromatic carbocycles. The van der Waals surface area contributed by atoms with Gasteiger partial charge in [0.05, 0.1) is 16.8 Å². The molecule has 0 fully saturated rings. The van der Waals surface area contributed by atoms with E-state index < -0.39 is 5.63 Å². The highest BCUT2D eigenvalue weighted by molar-refractivity contribution is 5.79. The molecule has 4 aromatic rings. The lowest BCUT2D eigenvalue weighted by atomic mass is 10.2. The topological polar surface area (TPSA) is 57.3 Å². The summed E-state index contributed by atoms with van der Waals surface area (Å²) in [6, 6.07) is 20.9. The van der Waals surface area contributed by atoms with Crippen molar-refractivity contribution in [2.75, 3.05) is 0 Å². The van der Waals surface area contributed by atoms with Gasteiger partial charge < -0.3 is 9.15 Å². The first-order chi connectivity index (χ1) is 12.2. The van der Waals surface area contributed by atoms with Crippen LogP contribution in [-0.4, -0.2) is 9.78 Å². The Kier molecular flexibility index (Phi) is 3.82. The molecule has 5 heteroatoms. The summed E-state index contributed by atoms with van der Waals surface area (Å²) in [5.74, 6) is 0.187. The van der Waals surface area contributed by atoms with E-state index in [1.807, 2.05) is 67.6 Å². The largest absolute Gasteiger partial charge is 0.482 e. The van der Waals surface area contributed by atoms with Gasteiger partial charge in [-0.2, -0.15) is 9.78 Å². The van der Waals surface area contributed by atoms with Gasteiger partial charge in [0.2, 0.25) is 11.5 Å². The molecule has 2 aromatic heterocycles. The normalized spacial score (nSPS) is 10.9. The highest BCUT2D eigenvalue weighted by Gasteiger charge is 2.15. The average Bonchev–Trinajstić information content (AvgIpc) is 2.97. The standard InChI is InChI=1S/C20H16N2O3/c1-14-17-12-18(24-13-15-8-4-2-5-9-15)20(23)25-19(17)22(21-14)16-10-6-3-7-11-16/h2-12H,13H2,1H3. The monoisotopic (exact) mass is 332 g/mol. The van der Waals surface area contributed by atoms with Crippen LogP contribution in [0.25, 0.3) is 16.8 Å². The van der Waals surface area contributed by atoms with Gasteiger partial charge in [0.15, 0.2) is 0 Å². The van der Waals surface area contributed by atoms with Crippen molar-refractivity contribution in [3.05, 3.63) is 88.4 Å². The first-order valence-electron chi connectivity index (χ1n) is 7.98. The molecule has 0 radical (unpaired) electrons. The second kappa shape index (κ2) is 6.28. The van der Waals surface area contributed by atoms with E-state index in [4.69, 9.17) is 9.15 Å². The zero-order valence-electron chi connectivity index (χ0n) is 13.7. The summed E-state index contributed by atoms with van der Waals surface area (Å²) < 4.78 is 12.8. The summed E-state index contributed by atoms with van der Waals surface area (Å²) in [6.45, 7) is 2.19. The molecule has 25 heavy (non-hydrogen) atoms. The first-order valence-corrected chi connectivity index (χ1v) is 7.98. The van der Waals surface area contributed by atoms with E-state index in [-0.39, 0.29) is 5.75 Å². The number of rotatable bonds is 4. The number of hydrogen-bond donors (Lipinski definition) is 0. The fourth-order valence-corrected chi connectivity index (χ4v) is 2.69. The quantitative estimate of drug-likeness (QED) is 0.569. The van der Waals surface area contributed by atoms with Crippen molar-refractivity contribution < 1.29 is 9.15 Å². The summed E-state index contributed by atoms with van der Waals surface area (Å²) in [4.78, 5) is 12.3. The number of aryl methyl sites for hydroxylation is 1. The van der Waals surface area contributed by atoms with Crippen molar-refractivity contribution >= 4 is 11.1 Å². The number of aromatic nitrogens is 2. The van der Waals surface area contributed by atoms with E-state index in [2.05, 4.69) is 5.10 Å². The predicted molar refractivity (Wildman–Crippen MR) is 95.1 cm³/mol. The van der Waals surface area contributed by atoms with Gasteiger partial charge in [-0.1, -0.05) is 48.5 Å². The van der Waals surface area contributed by atoms with Crippen LogP contribution < -0.4 is 10.4 Å². The molecule has 5 nitrogen and oxygen atoms in total. The third kappa shape index (κ3) is 2.92. The van der Waals surface area contributed by atoms with Gasteiger partial charge in [-0.15, -0.1) is 0 Å². The predicted octanol–water partition coefficient (Wildman–Crippen LogP) is 3.87. The maximum atomic E-state index is 12.3. The SMILES string of the molecule is Cc1nn(-c2ccccc2)c2oc(=O)c(OCc3ccccc3)cc12. The van der Waals surface area contributed by atoms with Crippen LogP contribution in [0.2, 0.25) is 0 Å². The van der Waals surface area contributed by atoms with Crippen molar-refractivity contribution in [3.8, 4) is 11.4 Å². The third-order valence-corrected chi connectivity index (χ3v) is 3.97. The first kappa shape index (κ1) is 15.2. The molecule has 0 amide bonds. The summed E-state index contributed by atoms with van der Waals surface area (Å²) in [7, 11) is 0. The van der Waals surface area contributed by atoms with E-state index in [1.165, 1.54) is 0 Å². The Bertz CT molecular complexity index is 1070. The zero-order valence-corrected chi connectivity index (χ0v) is 13.7. The minimum atomic E-state index is -0.513. The highest BCUT2D eigenvalue weighted by Crippen LogP contribution is 2.23. The number of benzene rings is 2. The third-order valence-electron chi connectivity index (χ3n) is 3.97. The Labute approximate surface area is 144 Å². The Balaban J connectivity index is 1.73. The summed E-state index contributed by atoms with van der Waals surface area (Å²) in [5.41, 5.74) is 2.49. The van der Waals surface area contributed by atoms with Gasteiger partial charge >= 0.3 is 5.63 Å². The molecule has 0 unspecified atom stereocenters.